The number of fused-ring (bicyclic) bond motifs is 1. The average molecular weight is 428 g/mol. The molecule has 6 nitrogen and oxygen atoms in total. The van der Waals surface area contributed by atoms with Crippen molar-refractivity contribution >= 4 is 10.8 Å². The second-order valence-electron chi connectivity index (χ2n) is 6.77. The van der Waals surface area contributed by atoms with Crippen molar-refractivity contribution in [3.8, 4) is 11.4 Å². The number of rotatable bonds is 6. The Hall–Kier alpha value is -2.92. The Labute approximate surface area is 166 Å². The number of halogens is 5. The van der Waals surface area contributed by atoms with E-state index in [4.69, 9.17) is 10.8 Å². The highest BCUT2D eigenvalue weighted by molar-refractivity contribution is 5.87. The first-order valence-corrected chi connectivity index (χ1v) is 8.91. The van der Waals surface area contributed by atoms with Crippen molar-refractivity contribution in [2.45, 2.75) is 31.5 Å². The molecule has 0 amide bonds. The smallest absolute Gasteiger partial charge is 0.395 e. The Kier molecular flexibility index (Phi) is 6.13. The van der Waals surface area contributed by atoms with Crippen molar-refractivity contribution in [2.75, 3.05) is 6.61 Å². The highest BCUT2D eigenvalue weighted by Gasteiger charge is 2.31. The Balaban J connectivity index is 2.02. The van der Waals surface area contributed by atoms with E-state index in [2.05, 4.69) is 15.0 Å². The number of aromatic nitrogens is 3. The normalized spacial score (nSPS) is 13.0. The molecule has 0 bridgehead atoms. The number of hydrogen-bond acceptors (Lipinski definition) is 5. The predicted octanol–water partition coefficient (Wildman–Crippen LogP) is 2.92. The summed E-state index contributed by atoms with van der Waals surface area (Å²) in [6.45, 7) is -0.185. The molecule has 11 heteroatoms. The van der Waals surface area contributed by atoms with Crippen molar-refractivity contribution in [1.82, 2.24) is 15.0 Å². The van der Waals surface area contributed by atoms with E-state index in [1.165, 1.54) is 6.07 Å². The Morgan fingerprint density at radius 1 is 1.13 bits per heavy atom. The summed E-state index contributed by atoms with van der Waals surface area (Å²) in [5, 5.41) is 8.48. The summed E-state index contributed by atoms with van der Waals surface area (Å²) in [5.41, 5.74) is 3.61. The van der Waals surface area contributed by atoms with E-state index in [1.807, 2.05) is 0 Å². The Morgan fingerprint density at radius 2 is 1.80 bits per heavy atom. The van der Waals surface area contributed by atoms with Gasteiger partial charge in [-0.2, -0.15) is 13.2 Å². The van der Waals surface area contributed by atoms with Crippen LogP contribution in [0, 0.1) is 11.6 Å². The largest absolute Gasteiger partial charge is 0.419 e. The first-order valence-electron chi connectivity index (χ1n) is 8.91. The van der Waals surface area contributed by atoms with Crippen LogP contribution in [0.4, 0.5) is 22.0 Å². The molecule has 0 aliphatic rings. The standard InChI is InChI=1S/C19H17F5N4O2/c20-15-13(17-26-6-10(7-27-17)19(22,23)24)5-9-4-12(3-1-2-11(25)8-29)28-18(30)14(9)16(15)21/h4-7,11,29H,1-3,8,25H2,(H,28,30)/t11-/m1/s1. The summed E-state index contributed by atoms with van der Waals surface area (Å²) in [6.07, 6.45) is -2.35. The number of aliphatic hydroxyl groups excluding tert-OH is 1. The van der Waals surface area contributed by atoms with Gasteiger partial charge in [0.1, 0.15) is 0 Å². The van der Waals surface area contributed by atoms with E-state index >= 15 is 0 Å². The van der Waals surface area contributed by atoms with E-state index in [-0.39, 0.29) is 12.0 Å². The molecule has 3 aromatic rings. The van der Waals surface area contributed by atoms with E-state index in [9.17, 15) is 26.7 Å². The summed E-state index contributed by atoms with van der Waals surface area (Å²) < 4.78 is 67.0. The second-order valence-corrected chi connectivity index (χ2v) is 6.77. The minimum atomic E-state index is -4.67. The molecule has 30 heavy (non-hydrogen) atoms. The van der Waals surface area contributed by atoms with Gasteiger partial charge in [0.2, 0.25) is 0 Å². The summed E-state index contributed by atoms with van der Waals surface area (Å²) in [5.74, 6) is -3.33. The lowest BCUT2D eigenvalue weighted by atomic mass is 10.0. The Morgan fingerprint density at radius 3 is 2.40 bits per heavy atom. The van der Waals surface area contributed by atoms with E-state index in [1.54, 1.807) is 0 Å². The van der Waals surface area contributed by atoms with E-state index in [0.29, 0.717) is 37.4 Å². The van der Waals surface area contributed by atoms with Crippen molar-refractivity contribution in [3.63, 3.8) is 0 Å². The van der Waals surface area contributed by atoms with Crippen molar-refractivity contribution in [2.24, 2.45) is 5.73 Å². The predicted molar refractivity (Wildman–Crippen MR) is 98.5 cm³/mol. The molecule has 1 aromatic carbocycles. The number of benzene rings is 1. The van der Waals surface area contributed by atoms with Gasteiger partial charge < -0.3 is 15.8 Å². The average Bonchev–Trinajstić information content (AvgIpc) is 2.69. The van der Waals surface area contributed by atoms with E-state index < -0.39 is 51.7 Å². The number of aromatic amines is 1. The van der Waals surface area contributed by atoms with Crippen LogP contribution in [0.2, 0.25) is 0 Å². The van der Waals surface area contributed by atoms with Crippen LogP contribution in [0.25, 0.3) is 22.2 Å². The van der Waals surface area contributed by atoms with Gasteiger partial charge >= 0.3 is 6.18 Å². The quantitative estimate of drug-likeness (QED) is 0.524. The van der Waals surface area contributed by atoms with Gasteiger partial charge in [-0.15, -0.1) is 0 Å². The van der Waals surface area contributed by atoms with Gasteiger partial charge in [0.15, 0.2) is 17.5 Å². The molecule has 0 aliphatic heterocycles. The van der Waals surface area contributed by atoms with Crippen molar-refractivity contribution in [3.05, 3.63) is 57.8 Å². The fraction of sp³-hybridized carbons (Fsp3) is 0.316. The summed E-state index contributed by atoms with van der Waals surface area (Å²) >= 11 is 0. The molecular formula is C19H17F5N4O2. The monoisotopic (exact) mass is 428 g/mol. The molecule has 4 N–H and O–H groups in total. The maximum Gasteiger partial charge on any atom is 0.419 e. The molecule has 0 aliphatic carbocycles. The Bertz CT molecular complexity index is 1110. The molecular weight excluding hydrogens is 411 g/mol. The fourth-order valence-corrected chi connectivity index (χ4v) is 2.98. The first-order chi connectivity index (χ1) is 14.1. The van der Waals surface area contributed by atoms with Crippen LogP contribution < -0.4 is 11.3 Å². The van der Waals surface area contributed by atoms with Crippen LogP contribution >= 0.6 is 0 Å². The van der Waals surface area contributed by atoms with Crippen molar-refractivity contribution in [1.29, 1.82) is 0 Å². The second kappa shape index (κ2) is 8.44. The van der Waals surface area contributed by atoms with Crippen LogP contribution in [0.1, 0.15) is 24.1 Å². The number of hydrogen-bond donors (Lipinski definition) is 3. The number of pyridine rings is 1. The lowest BCUT2D eigenvalue weighted by molar-refractivity contribution is -0.138. The maximum atomic E-state index is 14.5. The molecule has 0 unspecified atom stereocenters. The maximum absolute atomic E-state index is 14.5. The first kappa shape index (κ1) is 21.8. The fourth-order valence-electron chi connectivity index (χ4n) is 2.98. The molecule has 2 heterocycles. The molecule has 2 aromatic heterocycles. The summed E-state index contributed by atoms with van der Waals surface area (Å²) in [4.78, 5) is 21.7. The van der Waals surface area contributed by atoms with Gasteiger partial charge in [0, 0.05) is 24.1 Å². The zero-order valence-corrected chi connectivity index (χ0v) is 15.4. The number of nitrogens with two attached hydrogens (primary N) is 1. The SMILES string of the molecule is N[C@@H](CO)CCCc1cc2cc(-c3ncc(C(F)(F)F)cn3)c(F)c(F)c2c(=O)[nH]1. The third-order valence-electron chi connectivity index (χ3n) is 4.54. The van der Waals surface area contributed by atoms with Crippen LogP contribution in [0.5, 0.6) is 0 Å². The van der Waals surface area contributed by atoms with Gasteiger partial charge in [0.25, 0.3) is 5.56 Å². The van der Waals surface area contributed by atoms with Crippen LogP contribution in [0.15, 0.2) is 29.3 Å². The number of nitrogens with zero attached hydrogens (tertiary/aromatic N) is 2. The zero-order valence-electron chi connectivity index (χ0n) is 15.4. The van der Waals surface area contributed by atoms with Crippen LogP contribution in [-0.4, -0.2) is 32.7 Å². The van der Waals surface area contributed by atoms with Gasteiger partial charge in [-0.3, -0.25) is 4.79 Å². The van der Waals surface area contributed by atoms with Gasteiger partial charge in [0.05, 0.1) is 23.1 Å². The molecule has 0 spiro atoms. The minimum absolute atomic E-state index is 0.0533. The summed E-state index contributed by atoms with van der Waals surface area (Å²) in [7, 11) is 0. The zero-order chi connectivity index (χ0) is 22.1. The highest BCUT2D eigenvalue weighted by Crippen LogP contribution is 2.31. The van der Waals surface area contributed by atoms with Gasteiger partial charge in [-0.05, 0) is 36.8 Å². The third-order valence-corrected chi connectivity index (χ3v) is 4.54. The molecule has 1 atom stereocenters. The number of aryl methyl sites for hydroxylation is 1. The van der Waals surface area contributed by atoms with Crippen LogP contribution in [0.3, 0.4) is 0 Å². The van der Waals surface area contributed by atoms with Crippen LogP contribution in [-0.2, 0) is 12.6 Å². The lowest BCUT2D eigenvalue weighted by Crippen LogP contribution is -2.24. The number of nitrogens with one attached hydrogen (secondary N) is 1. The van der Waals surface area contributed by atoms with Gasteiger partial charge in [-0.1, -0.05) is 0 Å². The number of aliphatic hydroxyl groups is 1. The molecule has 3 rings (SSSR count). The van der Waals surface area contributed by atoms with Gasteiger partial charge in [-0.25, -0.2) is 18.7 Å². The minimum Gasteiger partial charge on any atom is -0.395 e. The molecule has 0 radical (unpaired) electrons. The molecule has 160 valence electrons. The third kappa shape index (κ3) is 4.46. The number of alkyl halides is 3. The van der Waals surface area contributed by atoms with Crippen molar-refractivity contribution < 1.29 is 27.1 Å². The lowest BCUT2D eigenvalue weighted by Gasteiger charge is -2.10. The molecule has 0 saturated heterocycles. The topological polar surface area (TPSA) is 105 Å². The van der Waals surface area contributed by atoms with E-state index in [0.717, 1.165) is 6.07 Å². The summed E-state index contributed by atoms with van der Waals surface area (Å²) in [6, 6.07) is 2.15. The molecule has 0 saturated carbocycles. The highest BCUT2D eigenvalue weighted by atomic mass is 19.4. The molecule has 0 fully saturated rings. The number of H-pyrrole nitrogens is 1.